The number of aromatic nitrogens is 2. The van der Waals surface area contributed by atoms with Crippen molar-refractivity contribution >= 4 is 28.9 Å². The van der Waals surface area contributed by atoms with Gasteiger partial charge in [-0.2, -0.15) is 0 Å². The molecule has 140 valence electrons. The predicted molar refractivity (Wildman–Crippen MR) is 107 cm³/mol. The molecule has 0 aliphatic rings. The molecule has 0 atom stereocenters. The molecule has 2 aromatic carbocycles. The van der Waals surface area contributed by atoms with Crippen LogP contribution in [0.25, 0.3) is 0 Å². The third-order valence-corrected chi connectivity index (χ3v) is 4.41. The number of benzene rings is 2. The monoisotopic (exact) mass is 386 g/mol. The Kier molecular flexibility index (Phi) is 5.76. The van der Waals surface area contributed by atoms with Crippen molar-refractivity contribution in [3.63, 3.8) is 0 Å². The van der Waals surface area contributed by atoms with E-state index in [9.17, 15) is 4.39 Å². The molecule has 0 aliphatic carbocycles. The van der Waals surface area contributed by atoms with Gasteiger partial charge in [-0.3, -0.25) is 0 Å². The zero-order chi connectivity index (χ0) is 19.4. The van der Waals surface area contributed by atoms with Crippen LogP contribution in [0.4, 0.5) is 21.7 Å². The Hall–Kier alpha value is -2.86. The molecule has 0 saturated carbocycles. The van der Waals surface area contributed by atoms with Gasteiger partial charge in [0.2, 0.25) is 0 Å². The standard InChI is InChI=1S/C20H20ClFN4O/c1-12-8-17(18(27-3)9-15(12)21)26-20-10-19(24-13(2)25-20)23-11-14-6-4-5-7-16(14)22/h4-10H,11H2,1-3H3,(H2,23,24,25,26). The molecule has 3 rings (SSSR count). The van der Waals surface area contributed by atoms with E-state index in [1.807, 2.05) is 13.0 Å². The largest absolute Gasteiger partial charge is 0.495 e. The first-order valence-corrected chi connectivity index (χ1v) is 8.78. The Morgan fingerprint density at radius 1 is 1.07 bits per heavy atom. The molecule has 0 spiro atoms. The molecule has 0 bridgehead atoms. The van der Waals surface area contributed by atoms with E-state index in [-0.39, 0.29) is 5.82 Å². The molecule has 1 aromatic heterocycles. The van der Waals surface area contributed by atoms with Gasteiger partial charge in [-0.1, -0.05) is 29.8 Å². The van der Waals surface area contributed by atoms with Crippen molar-refractivity contribution in [3.05, 3.63) is 70.3 Å². The number of ether oxygens (including phenoxy) is 1. The zero-order valence-electron chi connectivity index (χ0n) is 15.3. The Bertz CT molecular complexity index is 965. The summed E-state index contributed by atoms with van der Waals surface area (Å²) in [6.45, 7) is 4.04. The first kappa shape index (κ1) is 18.9. The Morgan fingerprint density at radius 2 is 1.81 bits per heavy atom. The summed E-state index contributed by atoms with van der Waals surface area (Å²) in [6.07, 6.45) is 0. The van der Waals surface area contributed by atoms with Gasteiger partial charge in [0.05, 0.1) is 12.8 Å². The number of halogens is 2. The molecule has 0 aliphatic heterocycles. The van der Waals surface area contributed by atoms with Crippen molar-refractivity contribution in [2.45, 2.75) is 20.4 Å². The van der Waals surface area contributed by atoms with Gasteiger partial charge in [0.1, 0.15) is 29.0 Å². The molecule has 2 N–H and O–H groups in total. The molecular formula is C20H20ClFN4O. The highest BCUT2D eigenvalue weighted by molar-refractivity contribution is 6.31. The second-order valence-electron chi connectivity index (χ2n) is 6.06. The van der Waals surface area contributed by atoms with Crippen LogP contribution in [-0.4, -0.2) is 17.1 Å². The van der Waals surface area contributed by atoms with Crippen LogP contribution >= 0.6 is 11.6 Å². The van der Waals surface area contributed by atoms with Gasteiger partial charge in [0, 0.05) is 29.3 Å². The van der Waals surface area contributed by atoms with E-state index < -0.39 is 0 Å². The summed E-state index contributed by atoms with van der Waals surface area (Å²) < 4.78 is 19.2. The van der Waals surface area contributed by atoms with Crippen LogP contribution in [0.3, 0.4) is 0 Å². The van der Waals surface area contributed by atoms with Gasteiger partial charge >= 0.3 is 0 Å². The van der Waals surface area contributed by atoms with Crippen molar-refractivity contribution in [1.82, 2.24) is 9.97 Å². The second kappa shape index (κ2) is 8.22. The van der Waals surface area contributed by atoms with Gasteiger partial charge in [-0.15, -0.1) is 0 Å². The molecule has 0 unspecified atom stereocenters. The van der Waals surface area contributed by atoms with E-state index in [4.69, 9.17) is 16.3 Å². The summed E-state index contributed by atoms with van der Waals surface area (Å²) in [5.74, 6) is 2.13. The minimum atomic E-state index is -0.254. The smallest absolute Gasteiger partial charge is 0.143 e. The highest BCUT2D eigenvalue weighted by Crippen LogP contribution is 2.33. The maximum atomic E-state index is 13.8. The highest BCUT2D eigenvalue weighted by Gasteiger charge is 2.10. The van der Waals surface area contributed by atoms with Crippen LogP contribution in [0.5, 0.6) is 5.75 Å². The molecular weight excluding hydrogens is 367 g/mol. The number of nitrogens with one attached hydrogen (secondary N) is 2. The first-order valence-electron chi connectivity index (χ1n) is 8.40. The molecule has 5 nitrogen and oxygen atoms in total. The lowest BCUT2D eigenvalue weighted by molar-refractivity contribution is 0.416. The van der Waals surface area contributed by atoms with Crippen molar-refractivity contribution in [2.75, 3.05) is 17.7 Å². The Morgan fingerprint density at radius 3 is 2.56 bits per heavy atom. The Balaban J connectivity index is 1.82. The van der Waals surface area contributed by atoms with E-state index in [1.165, 1.54) is 6.07 Å². The molecule has 0 radical (unpaired) electrons. The van der Waals surface area contributed by atoms with Gasteiger partial charge in [-0.25, -0.2) is 14.4 Å². The molecule has 0 amide bonds. The van der Waals surface area contributed by atoms with E-state index in [1.54, 1.807) is 44.4 Å². The van der Waals surface area contributed by atoms with Crippen LogP contribution < -0.4 is 15.4 Å². The van der Waals surface area contributed by atoms with Crippen LogP contribution in [0, 0.1) is 19.7 Å². The van der Waals surface area contributed by atoms with E-state index >= 15 is 0 Å². The lowest BCUT2D eigenvalue weighted by atomic mass is 10.2. The fourth-order valence-electron chi connectivity index (χ4n) is 2.62. The second-order valence-corrected chi connectivity index (χ2v) is 6.46. The van der Waals surface area contributed by atoms with Crippen LogP contribution in [0.2, 0.25) is 5.02 Å². The molecule has 0 saturated heterocycles. The number of hydrogen-bond donors (Lipinski definition) is 2. The van der Waals surface area contributed by atoms with Crippen LogP contribution in [-0.2, 0) is 6.54 Å². The Labute approximate surface area is 162 Å². The van der Waals surface area contributed by atoms with Crippen molar-refractivity contribution in [2.24, 2.45) is 0 Å². The number of methoxy groups -OCH3 is 1. The number of anilines is 3. The summed E-state index contributed by atoms with van der Waals surface area (Å²) >= 11 is 6.16. The van der Waals surface area contributed by atoms with Gasteiger partial charge in [0.15, 0.2) is 0 Å². The molecule has 1 heterocycles. The van der Waals surface area contributed by atoms with Crippen LogP contribution in [0.1, 0.15) is 17.0 Å². The summed E-state index contributed by atoms with van der Waals surface area (Å²) in [7, 11) is 1.58. The molecule has 0 fully saturated rings. The minimum Gasteiger partial charge on any atom is -0.495 e. The number of aryl methyl sites for hydroxylation is 2. The summed E-state index contributed by atoms with van der Waals surface area (Å²) in [4.78, 5) is 8.76. The van der Waals surface area contributed by atoms with E-state index in [2.05, 4.69) is 20.6 Å². The third-order valence-electron chi connectivity index (χ3n) is 4.00. The predicted octanol–water partition coefficient (Wildman–Crippen LogP) is 5.25. The molecule has 27 heavy (non-hydrogen) atoms. The highest BCUT2D eigenvalue weighted by atomic mass is 35.5. The maximum absolute atomic E-state index is 13.8. The lowest BCUT2D eigenvalue weighted by Gasteiger charge is -2.14. The first-order chi connectivity index (χ1) is 13.0. The average Bonchev–Trinajstić information content (AvgIpc) is 2.63. The fourth-order valence-corrected chi connectivity index (χ4v) is 2.77. The maximum Gasteiger partial charge on any atom is 0.143 e. The molecule has 7 heteroatoms. The normalized spacial score (nSPS) is 10.6. The van der Waals surface area contributed by atoms with Gasteiger partial charge < -0.3 is 15.4 Å². The number of rotatable bonds is 6. The SMILES string of the molecule is COc1cc(Cl)c(C)cc1Nc1cc(NCc2ccccc2F)nc(C)n1. The van der Waals surface area contributed by atoms with Crippen molar-refractivity contribution < 1.29 is 9.13 Å². The van der Waals surface area contributed by atoms with Gasteiger partial charge in [0.25, 0.3) is 0 Å². The zero-order valence-corrected chi connectivity index (χ0v) is 16.1. The fraction of sp³-hybridized carbons (Fsp3) is 0.200. The van der Waals surface area contributed by atoms with Gasteiger partial charge in [-0.05, 0) is 31.5 Å². The van der Waals surface area contributed by atoms with E-state index in [0.29, 0.717) is 40.3 Å². The molecule has 3 aromatic rings. The lowest BCUT2D eigenvalue weighted by Crippen LogP contribution is -2.06. The summed E-state index contributed by atoms with van der Waals surface area (Å²) in [6, 6.07) is 12.0. The number of hydrogen-bond acceptors (Lipinski definition) is 5. The number of nitrogens with zero attached hydrogens (tertiary/aromatic N) is 2. The van der Waals surface area contributed by atoms with Crippen LogP contribution in [0.15, 0.2) is 42.5 Å². The van der Waals surface area contributed by atoms with E-state index in [0.717, 1.165) is 11.3 Å². The minimum absolute atomic E-state index is 0.254. The van der Waals surface area contributed by atoms with Crippen molar-refractivity contribution in [1.29, 1.82) is 0 Å². The summed E-state index contributed by atoms with van der Waals surface area (Å²) in [5.41, 5.74) is 2.24. The van der Waals surface area contributed by atoms with Crippen molar-refractivity contribution in [3.8, 4) is 5.75 Å². The third kappa shape index (κ3) is 4.65. The summed E-state index contributed by atoms with van der Waals surface area (Å²) in [5, 5.41) is 7.00. The quantitative estimate of drug-likeness (QED) is 0.605. The topological polar surface area (TPSA) is 59.1 Å². The average molecular weight is 387 g/mol.